The topological polar surface area (TPSA) is 84.5 Å². The lowest BCUT2D eigenvalue weighted by Gasteiger charge is -2.31. The zero-order valence-electron chi connectivity index (χ0n) is 20.4. The van der Waals surface area contributed by atoms with Crippen molar-refractivity contribution in [3.05, 3.63) is 53.5 Å². The van der Waals surface area contributed by atoms with Crippen LogP contribution in [0.25, 0.3) is 0 Å². The number of fused-ring (bicyclic) bond motifs is 1. The van der Waals surface area contributed by atoms with Gasteiger partial charge in [0.1, 0.15) is 5.76 Å². The second kappa shape index (κ2) is 9.89. The van der Waals surface area contributed by atoms with E-state index in [1.165, 1.54) is 11.8 Å². The highest BCUT2D eigenvalue weighted by Crippen LogP contribution is 2.33. The predicted octanol–water partition coefficient (Wildman–Crippen LogP) is 4.43. The number of piperidine rings is 1. The molecule has 184 valence electrons. The molecule has 2 aliphatic rings. The van der Waals surface area contributed by atoms with E-state index in [0.717, 1.165) is 55.3 Å². The monoisotopic (exact) mass is 493 g/mol. The second-order valence-corrected chi connectivity index (χ2v) is 10.8. The minimum absolute atomic E-state index is 0.0293. The number of hydrogen-bond acceptors (Lipinski definition) is 7. The van der Waals surface area contributed by atoms with Gasteiger partial charge in [0.25, 0.3) is 0 Å². The first-order valence-corrected chi connectivity index (χ1v) is 13.1. The van der Waals surface area contributed by atoms with Crippen molar-refractivity contribution in [1.29, 1.82) is 0 Å². The first-order valence-electron chi connectivity index (χ1n) is 12.2. The van der Waals surface area contributed by atoms with Crippen molar-refractivity contribution >= 4 is 35.1 Å². The number of carbonyl (C=O) groups excluding carboxylic acids is 2. The lowest BCUT2D eigenvalue weighted by atomic mass is 10.00. The molecule has 1 aromatic carbocycles. The number of aromatic nitrogens is 3. The highest BCUT2D eigenvalue weighted by atomic mass is 32.2. The summed E-state index contributed by atoms with van der Waals surface area (Å²) in [7, 11) is 0. The average Bonchev–Trinajstić information content (AvgIpc) is 3.60. The van der Waals surface area contributed by atoms with E-state index in [4.69, 9.17) is 4.42 Å². The molecule has 1 saturated heterocycles. The van der Waals surface area contributed by atoms with Crippen LogP contribution in [-0.4, -0.2) is 51.3 Å². The molecule has 5 rings (SSSR count). The van der Waals surface area contributed by atoms with Gasteiger partial charge in [-0.1, -0.05) is 18.7 Å². The molecule has 35 heavy (non-hydrogen) atoms. The number of thioether (sulfide) groups is 1. The number of carbonyl (C=O) groups is 2. The molecule has 1 amide bonds. The molecule has 0 N–H and O–H groups in total. The molecule has 0 spiro atoms. The average molecular weight is 494 g/mol. The van der Waals surface area contributed by atoms with E-state index in [0.29, 0.717) is 29.7 Å². The van der Waals surface area contributed by atoms with Crippen LogP contribution in [0.1, 0.15) is 55.3 Å². The van der Waals surface area contributed by atoms with Crippen molar-refractivity contribution in [3.8, 4) is 0 Å². The molecule has 2 aromatic heterocycles. The zero-order valence-corrected chi connectivity index (χ0v) is 21.3. The fraction of sp³-hybridized carbons (Fsp3) is 0.462. The summed E-state index contributed by atoms with van der Waals surface area (Å²) in [5.74, 6) is 2.44. The van der Waals surface area contributed by atoms with Gasteiger partial charge in [0, 0.05) is 37.8 Å². The van der Waals surface area contributed by atoms with Gasteiger partial charge in [-0.3, -0.25) is 14.2 Å². The largest absolute Gasteiger partial charge is 0.467 e. The number of anilines is 2. The quantitative estimate of drug-likeness (QED) is 0.356. The summed E-state index contributed by atoms with van der Waals surface area (Å²) in [6.45, 7) is 8.85. The van der Waals surface area contributed by atoms with Crippen molar-refractivity contribution < 1.29 is 14.0 Å². The highest BCUT2D eigenvalue weighted by molar-refractivity contribution is 8.00. The van der Waals surface area contributed by atoms with E-state index in [1.807, 2.05) is 37.3 Å². The van der Waals surface area contributed by atoms with Crippen LogP contribution in [0.4, 0.5) is 11.6 Å². The summed E-state index contributed by atoms with van der Waals surface area (Å²) in [5, 5.41) is 9.39. The van der Waals surface area contributed by atoms with Crippen LogP contribution in [-0.2, 0) is 17.8 Å². The Bertz CT molecular complexity index is 1210. The number of nitrogens with zero attached hydrogens (tertiary/aromatic N) is 5. The molecule has 2 aliphatic heterocycles. The number of Topliss-reactive ketones (excluding diaryl/α,β-unsaturated/α-hetero) is 1. The Morgan fingerprint density at radius 1 is 1.17 bits per heavy atom. The second-order valence-electron chi connectivity index (χ2n) is 9.51. The lowest BCUT2D eigenvalue weighted by Crippen LogP contribution is -2.35. The van der Waals surface area contributed by atoms with Gasteiger partial charge in [-0.2, -0.15) is 0 Å². The molecule has 1 fully saturated rings. The summed E-state index contributed by atoms with van der Waals surface area (Å²) in [6, 6.07) is 9.48. The zero-order chi connectivity index (χ0) is 24.5. The van der Waals surface area contributed by atoms with Crippen molar-refractivity contribution in [3.63, 3.8) is 0 Å². The van der Waals surface area contributed by atoms with Gasteiger partial charge in [0.2, 0.25) is 11.9 Å². The Kier molecular flexibility index (Phi) is 6.69. The number of rotatable bonds is 7. The normalized spacial score (nSPS) is 17.0. The van der Waals surface area contributed by atoms with Crippen molar-refractivity contribution in [2.24, 2.45) is 5.92 Å². The Hall–Kier alpha value is -3.07. The molecular weight excluding hydrogens is 462 g/mol. The van der Waals surface area contributed by atoms with E-state index in [2.05, 4.69) is 26.6 Å². The fourth-order valence-electron chi connectivity index (χ4n) is 4.84. The number of hydrogen-bond donors (Lipinski definition) is 0. The van der Waals surface area contributed by atoms with Crippen LogP contribution in [0.15, 0.2) is 46.2 Å². The van der Waals surface area contributed by atoms with Crippen LogP contribution < -0.4 is 9.80 Å². The lowest BCUT2D eigenvalue weighted by molar-refractivity contribution is -0.116. The van der Waals surface area contributed by atoms with Crippen molar-refractivity contribution in [2.75, 3.05) is 29.4 Å². The Balaban J connectivity index is 1.36. The molecule has 0 saturated carbocycles. The maximum Gasteiger partial charge on any atom is 0.228 e. The molecule has 0 aliphatic carbocycles. The smallest absolute Gasteiger partial charge is 0.228 e. The number of benzene rings is 1. The van der Waals surface area contributed by atoms with Crippen LogP contribution >= 0.6 is 11.8 Å². The van der Waals surface area contributed by atoms with Gasteiger partial charge in [-0.15, -0.1) is 10.2 Å². The van der Waals surface area contributed by atoms with Gasteiger partial charge in [-0.25, -0.2) is 0 Å². The van der Waals surface area contributed by atoms with Crippen LogP contribution in [0.5, 0.6) is 0 Å². The maximum absolute atomic E-state index is 13.3. The third-order valence-electron chi connectivity index (χ3n) is 6.95. The maximum atomic E-state index is 13.3. The third-order valence-corrected chi connectivity index (χ3v) is 8.03. The summed E-state index contributed by atoms with van der Waals surface area (Å²) in [4.78, 5) is 29.2. The van der Waals surface area contributed by atoms with Crippen molar-refractivity contribution in [1.82, 2.24) is 14.8 Å². The van der Waals surface area contributed by atoms with E-state index in [-0.39, 0.29) is 16.9 Å². The van der Waals surface area contributed by atoms with Crippen LogP contribution in [0.2, 0.25) is 0 Å². The van der Waals surface area contributed by atoms with E-state index < -0.39 is 0 Å². The van der Waals surface area contributed by atoms with Crippen LogP contribution in [0, 0.1) is 5.92 Å². The molecular formula is C26H31N5O3S. The third kappa shape index (κ3) is 4.87. The Morgan fingerprint density at radius 3 is 2.69 bits per heavy atom. The molecule has 3 aromatic rings. The summed E-state index contributed by atoms with van der Waals surface area (Å²) in [5.41, 5.74) is 2.62. The minimum Gasteiger partial charge on any atom is -0.467 e. The predicted molar refractivity (Wildman–Crippen MR) is 136 cm³/mol. The van der Waals surface area contributed by atoms with E-state index in [9.17, 15) is 9.59 Å². The highest BCUT2D eigenvalue weighted by Gasteiger charge is 2.28. The Morgan fingerprint density at radius 2 is 1.97 bits per heavy atom. The first-order chi connectivity index (χ1) is 16.9. The van der Waals surface area contributed by atoms with Gasteiger partial charge in [-0.05, 0) is 68.0 Å². The van der Waals surface area contributed by atoms with Gasteiger partial charge in [0.05, 0.1) is 18.1 Å². The van der Waals surface area contributed by atoms with Gasteiger partial charge < -0.3 is 14.2 Å². The fourth-order valence-corrected chi connectivity index (χ4v) is 5.76. The summed E-state index contributed by atoms with van der Waals surface area (Å²) in [6.07, 6.45) is 4.70. The number of furan rings is 1. The molecule has 1 unspecified atom stereocenters. The number of ketones is 1. The minimum atomic E-state index is -0.341. The molecule has 0 bridgehead atoms. The molecule has 9 heteroatoms. The van der Waals surface area contributed by atoms with Crippen LogP contribution in [0.3, 0.4) is 0 Å². The first kappa shape index (κ1) is 23.7. The summed E-state index contributed by atoms with van der Waals surface area (Å²) >= 11 is 1.43. The van der Waals surface area contributed by atoms with Gasteiger partial charge in [0.15, 0.2) is 10.9 Å². The van der Waals surface area contributed by atoms with E-state index in [1.54, 1.807) is 18.1 Å². The molecule has 4 heterocycles. The summed E-state index contributed by atoms with van der Waals surface area (Å²) < 4.78 is 7.68. The molecule has 8 nitrogen and oxygen atoms in total. The van der Waals surface area contributed by atoms with E-state index >= 15 is 0 Å². The SMILES string of the molecule is CC(=O)N1CCc2cc(C(=O)C(C)Sc3nnc(N4CCC(C)CC4)n3Cc3ccco3)ccc21. The molecule has 0 radical (unpaired) electrons. The number of amides is 1. The van der Waals surface area contributed by atoms with Crippen molar-refractivity contribution in [2.45, 2.75) is 57.0 Å². The standard InChI is InChI=1S/C26H31N5O3S/c1-17-8-11-29(12-9-17)25-27-28-26(31(25)16-22-5-4-14-34-22)35-18(2)24(33)21-6-7-23-20(15-21)10-13-30(23)19(3)32/h4-7,14-15,17-18H,8-13,16H2,1-3H3. The molecule has 1 atom stereocenters. The Labute approximate surface area is 209 Å². The van der Waals surface area contributed by atoms with Gasteiger partial charge >= 0.3 is 0 Å².